The van der Waals surface area contributed by atoms with Crippen LogP contribution in [0.3, 0.4) is 0 Å². The molecule has 3 heterocycles. The van der Waals surface area contributed by atoms with Crippen LogP contribution in [0.15, 0.2) is 52.0 Å². The van der Waals surface area contributed by atoms with Crippen molar-refractivity contribution < 1.29 is 22.4 Å². The van der Waals surface area contributed by atoms with Crippen LogP contribution in [0.25, 0.3) is 0 Å². The molecule has 0 bridgehead atoms. The highest BCUT2D eigenvalue weighted by Gasteiger charge is 2.35. The molecule has 2 amide bonds. The van der Waals surface area contributed by atoms with Crippen molar-refractivity contribution in [2.24, 2.45) is 5.92 Å². The normalized spacial score (nSPS) is 20.9. The number of likely N-dealkylation sites (N-methyl/N-ethyl adjacent to an activating group) is 1. The summed E-state index contributed by atoms with van der Waals surface area (Å²) in [7, 11) is -1.58. The molecule has 1 N–H and O–H groups in total. The SMILES string of the molecule is CN1CCN(S(=O)(=O)c2ccc(NC(=O)C3CC(=O)N(Cc4ccco4)C3)cc2)CC1. The molecule has 0 saturated carbocycles. The Labute approximate surface area is 181 Å². The Morgan fingerprint density at radius 3 is 2.48 bits per heavy atom. The zero-order valence-corrected chi connectivity index (χ0v) is 18.2. The van der Waals surface area contributed by atoms with Crippen LogP contribution in [0.5, 0.6) is 0 Å². The van der Waals surface area contributed by atoms with Gasteiger partial charge >= 0.3 is 0 Å². The number of piperazine rings is 1. The second-order valence-electron chi connectivity index (χ2n) is 7.98. The topological polar surface area (TPSA) is 103 Å². The fourth-order valence-electron chi connectivity index (χ4n) is 3.82. The summed E-state index contributed by atoms with van der Waals surface area (Å²) in [5, 5.41) is 2.79. The number of hydrogen-bond acceptors (Lipinski definition) is 6. The lowest BCUT2D eigenvalue weighted by Crippen LogP contribution is -2.46. The minimum Gasteiger partial charge on any atom is -0.467 e. The average molecular weight is 447 g/mol. The predicted molar refractivity (Wildman–Crippen MR) is 114 cm³/mol. The predicted octanol–water partition coefficient (Wildman–Crippen LogP) is 1.20. The molecule has 1 atom stereocenters. The molecule has 10 heteroatoms. The number of anilines is 1. The average Bonchev–Trinajstić information content (AvgIpc) is 3.39. The lowest BCUT2D eigenvalue weighted by Gasteiger charge is -2.31. The monoisotopic (exact) mass is 446 g/mol. The van der Waals surface area contributed by atoms with Crippen LogP contribution in [0.1, 0.15) is 12.2 Å². The molecular weight excluding hydrogens is 420 g/mol. The highest BCUT2D eigenvalue weighted by Crippen LogP contribution is 2.23. The number of carbonyl (C=O) groups excluding carboxylic acids is 2. The summed E-state index contributed by atoms with van der Waals surface area (Å²) in [6.45, 7) is 2.98. The Bertz CT molecular complexity index is 1030. The maximum absolute atomic E-state index is 12.8. The van der Waals surface area contributed by atoms with Gasteiger partial charge in [-0.2, -0.15) is 4.31 Å². The van der Waals surface area contributed by atoms with Crippen molar-refractivity contribution in [3.63, 3.8) is 0 Å². The van der Waals surface area contributed by atoms with Crippen LogP contribution in [0.2, 0.25) is 0 Å². The van der Waals surface area contributed by atoms with E-state index in [1.807, 2.05) is 7.05 Å². The van der Waals surface area contributed by atoms with E-state index in [1.165, 1.54) is 16.4 Å². The van der Waals surface area contributed by atoms with Crippen LogP contribution in [-0.2, 0) is 26.2 Å². The molecule has 2 saturated heterocycles. The first-order chi connectivity index (χ1) is 14.8. The smallest absolute Gasteiger partial charge is 0.243 e. The molecule has 1 aromatic carbocycles. The second-order valence-corrected chi connectivity index (χ2v) is 9.91. The maximum atomic E-state index is 12.8. The van der Waals surface area contributed by atoms with Gasteiger partial charge in [0.05, 0.1) is 23.6 Å². The molecule has 2 fully saturated rings. The highest BCUT2D eigenvalue weighted by atomic mass is 32.2. The molecule has 0 aliphatic carbocycles. The number of nitrogens with zero attached hydrogens (tertiary/aromatic N) is 3. The second kappa shape index (κ2) is 8.81. The van der Waals surface area contributed by atoms with Gasteiger partial charge in [-0.25, -0.2) is 8.42 Å². The Balaban J connectivity index is 1.35. The summed E-state index contributed by atoms with van der Waals surface area (Å²) in [6.07, 6.45) is 1.69. The van der Waals surface area contributed by atoms with Crippen LogP contribution in [0, 0.1) is 5.92 Å². The maximum Gasteiger partial charge on any atom is 0.243 e. The van der Waals surface area contributed by atoms with Gasteiger partial charge in [0.2, 0.25) is 21.8 Å². The Kier molecular flexibility index (Phi) is 6.12. The fraction of sp³-hybridized carbons (Fsp3) is 0.429. The molecule has 9 nitrogen and oxygen atoms in total. The van der Waals surface area contributed by atoms with Crippen LogP contribution < -0.4 is 5.32 Å². The molecule has 31 heavy (non-hydrogen) atoms. The standard InChI is InChI=1S/C21H26N4O5S/c1-23-8-10-25(11-9-23)31(28,29)19-6-4-17(5-7-19)22-21(27)16-13-20(26)24(14-16)15-18-3-2-12-30-18/h2-7,12,16H,8-11,13-15H2,1H3,(H,22,27). The first-order valence-electron chi connectivity index (χ1n) is 10.2. The van der Waals surface area contributed by atoms with Gasteiger partial charge in [0.15, 0.2) is 0 Å². The highest BCUT2D eigenvalue weighted by molar-refractivity contribution is 7.89. The number of nitrogens with one attached hydrogen (secondary N) is 1. The van der Waals surface area contributed by atoms with Gasteiger partial charge in [-0.15, -0.1) is 0 Å². The quantitative estimate of drug-likeness (QED) is 0.715. The molecule has 0 radical (unpaired) electrons. The number of furan rings is 1. The fourth-order valence-corrected chi connectivity index (χ4v) is 5.25. The first kappa shape index (κ1) is 21.5. The van der Waals surface area contributed by atoms with E-state index in [0.29, 0.717) is 50.7 Å². The molecule has 1 aromatic heterocycles. The minimum absolute atomic E-state index is 0.0924. The van der Waals surface area contributed by atoms with Gasteiger partial charge in [-0.1, -0.05) is 0 Å². The number of carbonyl (C=O) groups is 2. The summed E-state index contributed by atoms with van der Waals surface area (Å²) in [4.78, 5) is 28.7. The molecular formula is C21H26N4O5S. The van der Waals surface area contributed by atoms with Crippen molar-refractivity contribution in [3.05, 3.63) is 48.4 Å². The minimum atomic E-state index is -3.55. The Hall–Kier alpha value is -2.69. The van der Waals surface area contributed by atoms with Gasteiger partial charge in [0, 0.05) is 44.8 Å². The van der Waals surface area contributed by atoms with E-state index in [4.69, 9.17) is 4.42 Å². The third kappa shape index (κ3) is 4.81. The first-order valence-corrected chi connectivity index (χ1v) is 11.7. The summed E-state index contributed by atoms with van der Waals surface area (Å²) < 4.78 is 32.4. The van der Waals surface area contributed by atoms with E-state index < -0.39 is 15.9 Å². The molecule has 1 unspecified atom stereocenters. The number of likely N-dealkylation sites (tertiary alicyclic amines) is 1. The summed E-state index contributed by atoms with van der Waals surface area (Å²) >= 11 is 0. The molecule has 4 rings (SSSR count). The van der Waals surface area contributed by atoms with Crippen LogP contribution in [0.4, 0.5) is 5.69 Å². The third-order valence-corrected chi connectivity index (χ3v) is 7.65. The van der Waals surface area contributed by atoms with Crippen molar-refractivity contribution in [2.45, 2.75) is 17.9 Å². The van der Waals surface area contributed by atoms with Crippen molar-refractivity contribution >= 4 is 27.5 Å². The molecule has 166 valence electrons. The molecule has 0 spiro atoms. The van der Waals surface area contributed by atoms with Crippen LogP contribution >= 0.6 is 0 Å². The van der Waals surface area contributed by atoms with E-state index in [2.05, 4.69) is 10.2 Å². The largest absolute Gasteiger partial charge is 0.467 e. The Morgan fingerprint density at radius 2 is 1.84 bits per heavy atom. The zero-order chi connectivity index (χ0) is 22.0. The van der Waals surface area contributed by atoms with Gasteiger partial charge in [-0.05, 0) is 43.4 Å². The number of sulfonamides is 1. The number of rotatable bonds is 6. The van der Waals surface area contributed by atoms with Crippen molar-refractivity contribution in [1.82, 2.24) is 14.1 Å². The zero-order valence-electron chi connectivity index (χ0n) is 17.4. The van der Waals surface area contributed by atoms with E-state index in [9.17, 15) is 18.0 Å². The lowest BCUT2D eigenvalue weighted by molar-refractivity contribution is -0.128. The summed E-state index contributed by atoms with van der Waals surface area (Å²) in [6, 6.07) is 9.72. The third-order valence-electron chi connectivity index (χ3n) is 5.73. The molecule has 2 aromatic rings. The number of amides is 2. The Morgan fingerprint density at radius 1 is 1.13 bits per heavy atom. The number of hydrogen-bond donors (Lipinski definition) is 1. The van der Waals surface area contributed by atoms with Gasteiger partial charge in [0.25, 0.3) is 0 Å². The summed E-state index contributed by atoms with van der Waals surface area (Å²) in [5.74, 6) is -0.141. The number of benzene rings is 1. The van der Waals surface area contributed by atoms with Crippen molar-refractivity contribution in [1.29, 1.82) is 0 Å². The van der Waals surface area contributed by atoms with E-state index in [0.717, 1.165) is 0 Å². The lowest BCUT2D eigenvalue weighted by atomic mass is 10.1. The van der Waals surface area contributed by atoms with Crippen molar-refractivity contribution in [3.8, 4) is 0 Å². The van der Waals surface area contributed by atoms with Crippen LogP contribution in [-0.4, -0.2) is 74.1 Å². The van der Waals surface area contributed by atoms with E-state index in [1.54, 1.807) is 35.4 Å². The molecule has 2 aliphatic heterocycles. The van der Waals surface area contributed by atoms with Gasteiger partial charge in [-0.3, -0.25) is 9.59 Å². The van der Waals surface area contributed by atoms with E-state index in [-0.39, 0.29) is 23.1 Å². The molecule has 2 aliphatic rings. The van der Waals surface area contributed by atoms with Gasteiger partial charge < -0.3 is 19.5 Å². The van der Waals surface area contributed by atoms with Gasteiger partial charge in [0.1, 0.15) is 5.76 Å². The summed E-state index contributed by atoms with van der Waals surface area (Å²) in [5.41, 5.74) is 0.499. The van der Waals surface area contributed by atoms with E-state index >= 15 is 0 Å². The van der Waals surface area contributed by atoms with Crippen molar-refractivity contribution in [2.75, 3.05) is 45.1 Å².